The third kappa shape index (κ3) is 4.16. The number of rotatable bonds is 6. The molecule has 2 aromatic heterocycles. The molecule has 27 heavy (non-hydrogen) atoms. The number of hydrogen-bond donors (Lipinski definition) is 1. The van der Waals surface area contributed by atoms with E-state index >= 15 is 0 Å². The number of carbonyl (C=O) groups is 2. The number of fused-ring (bicyclic) bond motifs is 1. The van der Waals surface area contributed by atoms with E-state index in [1.165, 1.54) is 23.5 Å². The summed E-state index contributed by atoms with van der Waals surface area (Å²) in [4.78, 5) is 31.5. The van der Waals surface area contributed by atoms with Crippen LogP contribution in [0, 0.1) is 5.82 Å². The van der Waals surface area contributed by atoms with Gasteiger partial charge in [-0.1, -0.05) is 12.1 Å². The third-order valence-electron chi connectivity index (χ3n) is 4.65. The maximum absolute atomic E-state index is 13.0. The van der Waals surface area contributed by atoms with Gasteiger partial charge in [0, 0.05) is 37.3 Å². The molecule has 1 N–H and O–H groups in total. The van der Waals surface area contributed by atoms with Crippen LogP contribution in [-0.4, -0.2) is 45.2 Å². The number of imidazole rings is 1. The minimum absolute atomic E-state index is 0.0323. The topological polar surface area (TPSA) is 66.7 Å². The van der Waals surface area contributed by atoms with Crippen molar-refractivity contribution in [2.24, 2.45) is 0 Å². The minimum atomic E-state index is -0.267. The van der Waals surface area contributed by atoms with Crippen LogP contribution in [0.3, 0.4) is 0 Å². The molecular weight excluding hydrogens is 367 g/mol. The first-order valence-corrected chi connectivity index (χ1v) is 9.67. The second-order valence-electron chi connectivity index (χ2n) is 6.69. The molecule has 1 atom stereocenters. The van der Waals surface area contributed by atoms with Crippen LogP contribution in [0.2, 0.25) is 0 Å². The number of thiazole rings is 1. The van der Waals surface area contributed by atoms with E-state index in [1.54, 1.807) is 17.0 Å². The molecule has 0 spiro atoms. The summed E-state index contributed by atoms with van der Waals surface area (Å²) in [7, 11) is 0. The van der Waals surface area contributed by atoms with Crippen molar-refractivity contribution in [2.75, 3.05) is 13.1 Å². The lowest BCUT2D eigenvalue weighted by molar-refractivity contribution is -0.127. The first-order valence-electron chi connectivity index (χ1n) is 8.79. The zero-order valence-corrected chi connectivity index (χ0v) is 15.4. The molecule has 1 unspecified atom stereocenters. The van der Waals surface area contributed by atoms with Crippen LogP contribution < -0.4 is 5.32 Å². The van der Waals surface area contributed by atoms with E-state index in [1.807, 2.05) is 22.2 Å². The van der Waals surface area contributed by atoms with Crippen molar-refractivity contribution >= 4 is 28.1 Å². The van der Waals surface area contributed by atoms with E-state index < -0.39 is 0 Å². The fourth-order valence-corrected chi connectivity index (χ4v) is 4.02. The molecule has 1 aromatic carbocycles. The lowest BCUT2D eigenvalue weighted by atomic mass is 10.1. The van der Waals surface area contributed by atoms with Gasteiger partial charge < -0.3 is 10.2 Å². The fraction of sp³-hybridized carbons (Fsp3) is 0.316. The zero-order chi connectivity index (χ0) is 18.8. The van der Waals surface area contributed by atoms with Crippen molar-refractivity contribution < 1.29 is 14.0 Å². The maximum atomic E-state index is 13.0. The van der Waals surface area contributed by atoms with Crippen LogP contribution >= 0.6 is 11.3 Å². The smallest absolute Gasteiger partial charge is 0.226 e. The van der Waals surface area contributed by atoms with Crippen molar-refractivity contribution in [3.63, 3.8) is 0 Å². The number of carbonyl (C=O) groups excluding carboxylic acids is 2. The monoisotopic (exact) mass is 386 g/mol. The Morgan fingerprint density at radius 2 is 2.15 bits per heavy atom. The molecule has 3 heterocycles. The largest absolute Gasteiger partial charge is 0.351 e. The average Bonchev–Trinajstić information content (AvgIpc) is 3.29. The molecule has 0 aliphatic carbocycles. The molecule has 8 heteroatoms. The van der Waals surface area contributed by atoms with Crippen molar-refractivity contribution in [1.29, 1.82) is 0 Å². The number of amides is 2. The molecule has 0 saturated carbocycles. The fourth-order valence-electron chi connectivity index (χ4n) is 3.30. The summed E-state index contributed by atoms with van der Waals surface area (Å²) >= 11 is 1.52. The highest BCUT2D eigenvalue weighted by Gasteiger charge is 2.30. The SMILES string of the molecule is O=C(Cc1cn2ccsc2n1)NC1CC(=O)N(CCc2ccc(F)cc2)C1. The molecule has 2 amide bonds. The van der Waals surface area contributed by atoms with Crippen LogP contribution in [-0.2, 0) is 22.4 Å². The predicted molar refractivity (Wildman–Crippen MR) is 100 cm³/mol. The van der Waals surface area contributed by atoms with E-state index in [4.69, 9.17) is 0 Å². The molecule has 3 aromatic rings. The Balaban J connectivity index is 1.27. The maximum Gasteiger partial charge on any atom is 0.226 e. The summed E-state index contributed by atoms with van der Waals surface area (Å²) in [6.07, 6.45) is 4.93. The quantitative estimate of drug-likeness (QED) is 0.705. The van der Waals surface area contributed by atoms with Gasteiger partial charge >= 0.3 is 0 Å². The van der Waals surface area contributed by atoms with Gasteiger partial charge in [0.2, 0.25) is 11.8 Å². The van der Waals surface area contributed by atoms with Gasteiger partial charge in [0.05, 0.1) is 18.2 Å². The summed E-state index contributed by atoms with van der Waals surface area (Å²) in [5.41, 5.74) is 1.70. The van der Waals surface area contributed by atoms with Gasteiger partial charge in [0.15, 0.2) is 4.96 Å². The normalized spacial score (nSPS) is 17.0. The molecule has 1 aliphatic heterocycles. The van der Waals surface area contributed by atoms with E-state index in [0.29, 0.717) is 25.9 Å². The van der Waals surface area contributed by atoms with Gasteiger partial charge in [-0.25, -0.2) is 9.37 Å². The van der Waals surface area contributed by atoms with Crippen LogP contribution in [0.25, 0.3) is 4.96 Å². The van der Waals surface area contributed by atoms with E-state index in [9.17, 15) is 14.0 Å². The summed E-state index contributed by atoms with van der Waals surface area (Å²) in [6.45, 7) is 1.07. The Morgan fingerprint density at radius 3 is 2.93 bits per heavy atom. The summed E-state index contributed by atoms with van der Waals surface area (Å²) in [5, 5.41) is 4.87. The second-order valence-corrected chi connectivity index (χ2v) is 7.56. The Labute approximate surface area is 159 Å². The highest BCUT2D eigenvalue weighted by atomic mass is 32.1. The number of nitrogens with one attached hydrogen (secondary N) is 1. The number of aromatic nitrogens is 2. The highest BCUT2D eigenvalue weighted by Crippen LogP contribution is 2.14. The Bertz CT molecular complexity index is 937. The van der Waals surface area contributed by atoms with Crippen LogP contribution in [0.5, 0.6) is 0 Å². The zero-order valence-electron chi connectivity index (χ0n) is 14.6. The Morgan fingerprint density at radius 1 is 1.33 bits per heavy atom. The second kappa shape index (κ2) is 7.48. The van der Waals surface area contributed by atoms with Gasteiger partial charge in [0.1, 0.15) is 5.82 Å². The van der Waals surface area contributed by atoms with Crippen molar-refractivity contribution in [3.05, 3.63) is 59.1 Å². The Kier molecular flexibility index (Phi) is 4.89. The lowest BCUT2D eigenvalue weighted by Gasteiger charge is -2.17. The molecule has 0 radical (unpaired) electrons. The van der Waals surface area contributed by atoms with Gasteiger partial charge in [-0.15, -0.1) is 11.3 Å². The third-order valence-corrected chi connectivity index (χ3v) is 5.42. The first-order chi connectivity index (χ1) is 13.1. The summed E-state index contributed by atoms with van der Waals surface area (Å²) in [6, 6.07) is 6.12. The van der Waals surface area contributed by atoms with E-state index in [0.717, 1.165) is 16.2 Å². The number of hydrogen-bond acceptors (Lipinski definition) is 4. The van der Waals surface area contributed by atoms with Crippen LogP contribution in [0.15, 0.2) is 42.0 Å². The number of likely N-dealkylation sites (tertiary alicyclic amines) is 1. The molecule has 1 fully saturated rings. The average molecular weight is 386 g/mol. The molecule has 0 bridgehead atoms. The Hall–Kier alpha value is -2.74. The van der Waals surface area contributed by atoms with Gasteiger partial charge in [-0.3, -0.25) is 14.0 Å². The number of nitrogens with zero attached hydrogens (tertiary/aromatic N) is 3. The molecule has 1 aliphatic rings. The molecule has 6 nitrogen and oxygen atoms in total. The van der Waals surface area contributed by atoms with Crippen molar-refractivity contribution in [3.8, 4) is 0 Å². The molecular formula is C19H19FN4O2S. The molecule has 140 valence electrons. The van der Waals surface area contributed by atoms with Crippen molar-refractivity contribution in [2.45, 2.75) is 25.3 Å². The lowest BCUT2D eigenvalue weighted by Crippen LogP contribution is -2.38. The number of benzene rings is 1. The summed E-state index contributed by atoms with van der Waals surface area (Å²) in [5.74, 6) is -0.361. The number of halogens is 1. The van der Waals surface area contributed by atoms with Gasteiger partial charge in [0.25, 0.3) is 0 Å². The van der Waals surface area contributed by atoms with E-state index in [-0.39, 0.29) is 30.1 Å². The first kappa shape index (κ1) is 17.7. The minimum Gasteiger partial charge on any atom is -0.351 e. The standard InChI is InChI=1S/C19H19FN4O2S/c20-14-3-1-13(2-4-14)5-6-23-11-16(10-18(23)26)21-17(25)9-15-12-24-7-8-27-19(24)22-15/h1-4,7-8,12,16H,5-6,9-11H2,(H,21,25). The molecule has 4 rings (SSSR count). The van der Waals surface area contributed by atoms with Crippen LogP contribution in [0.4, 0.5) is 4.39 Å². The molecule has 1 saturated heterocycles. The van der Waals surface area contributed by atoms with Crippen molar-refractivity contribution in [1.82, 2.24) is 19.6 Å². The predicted octanol–water partition coefficient (Wildman–Crippen LogP) is 2.04. The van der Waals surface area contributed by atoms with Gasteiger partial charge in [-0.05, 0) is 24.1 Å². The van der Waals surface area contributed by atoms with Gasteiger partial charge in [-0.2, -0.15) is 0 Å². The highest BCUT2D eigenvalue weighted by molar-refractivity contribution is 7.15. The summed E-state index contributed by atoms with van der Waals surface area (Å²) < 4.78 is 14.8. The van der Waals surface area contributed by atoms with E-state index in [2.05, 4.69) is 10.3 Å². The van der Waals surface area contributed by atoms with Crippen LogP contribution in [0.1, 0.15) is 17.7 Å².